The molecule has 1 fully saturated rings. The molecule has 0 aliphatic carbocycles. The number of ether oxygens (including phenoxy) is 1. The maximum Gasteiger partial charge on any atom is 0.254 e. The van der Waals surface area contributed by atoms with Crippen LogP contribution in [0.4, 0.5) is 8.78 Å². The van der Waals surface area contributed by atoms with Gasteiger partial charge in [0.2, 0.25) is 0 Å². The van der Waals surface area contributed by atoms with Gasteiger partial charge >= 0.3 is 0 Å². The number of amides is 1. The van der Waals surface area contributed by atoms with E-state index in [2.05, 4.69) is 4.90 Å². The summed E-state index contributed by atoms with van der Waals surface area (Å²) in [5.41, 5.74) is 1.21. The van der Waals surface area contributed by atoms with Gasteiger partial charge in [-0.25, -0.2) is 8.78 Å². The van der Waals surface area contributed by atoms with Gasteiger partial charge in [-0.2, -0.15) is 0 Å². The van der Waals surface area contributed by atoms with Crippen LogP contribution in [0.2, 0.25) is 0 Å². The predicted octanol–water partition coefficient (Wildman–Crippen LogP) is 3.32. The average Bonchev–Trinajstić information content (AvgIpc) is 2.86. The van der Waals surface area contributed by atoms with Crippen LogP contribution in [0.15, 0.2) is 42.5 Å². The molecule has 3 rings (SSSR count). The minimum Gasteiger partial charge on any atom is -0.497 e. The second kappa shape index (κ2) is 8.27. The van der Waals surface area contributed by atoms with Crippen LogP contribution in [0, 0.1) is 11.6 Å². The molecule has 0 saturated carbocycles. The molecule has 0 aromatic heterocycles. The van der Waals surface area contributed by atoms with E-state index < -0.39 is 11.6 Å². The molecule has 1 heterocycles. The lowest BCUT2D eigenvalue weighted by Crippen LogP contribution is -2.35. The summed E-state index contributed by atoms with van der Waals surface area (Å²) >= 11 is 0. The van der Waals surface area contributed by atoms with Gasteiger partial charge < -0.3 is 9.64 Å². The molecule has 1 saturated heterocycles. The number of carbonyl (C=O) groups is 1. The zero-order chi connectivity index (χ0) is 18.5. The molecule has 0 radical (unpaired) electrons. The molecule has 0 bridgehead atoms. The van der Waals surface area contributed by atoms with Crippen LogP contribution >= 0.6 is 0 Å². The highest BCUT2D eigenvalue weighted by atomic mass is 19.1. The minimum atomic E-state index is -0.733. The van der Waals surface area contributed by atoms with Crippen molar-refractivity contribution in [2.75, 3.05) is 33.3 Å². The van der Waals surface area contributed by atoms with Crippen molar-refractivity contribution in [3.63, 3.8) is 0 Å². The summed E-state index contributed by atoms with van der Waals surface area (Å²) in [6.45, 7) is 3.44. The Hall–Kier alpha value is -2.47. The first-order valence-electron chi connectivity index (χ1n) is 8.66. The van der Waals surface area contributed by atoms with E-state index >= 15 is 0 Å². The average molecular weight is 360 g/mol. The molecule has 0 unspecified atom stereocenters. The van der Waals surface area contributed by atoms with Crippen LogP contribution in [0.25, 0.3) is 0 Å². The van der Waals surface area contributed by atoms with Crippen LogP contribution in [-0.2, 0) is 6.54 Å². The molecule has 4 nitrogen and oxygen atoms in total. The van der Waals surface area contributed by atoms with Crippen molar-refractivity contribution in [1.29, 1.82) is 0 Å². The Morgan fingerprint density at radius 2 is 1.81 bits per heavy atom. The van der Waals surface area contributed by atoms with Crippen molar-refractivity contribution < 1.29 is 18.3 Å². The lowest BCUT2D eigenvalue weighted by atomic mass is 10.2. The lowest BCUT2D eigenvalue weighted by molar-refractivity contribution is 0.0760. The third-order valence-electron chi connectivity index (χ3n) is 4.53. The molecule has 0 spiro atoms. The van der Waals surface area contributed by atoms with Crippen LogP contribution in [0.5, 0.6) is 5.75 Å². The summed E-state index contributed by atoms with van der Waals surface area (Å²) in [7, 11) is 1.64. The SMILES string of the molecule is COc1cccc(CN2CCCN(C(=O)c3cc(F)cc(F)c3)CC2)c1. The number of carbonyl (C=O) groups excluding carboxylic acids is 1. The minimum absolute atomic E-state index is 0.0590. The largest absolute Gasteiger partial charge is 0.497 e. The zero-order valence-corrected chi connectivity index (χ0v) is 14.8. The molecule has 138 valence electrons. The summed E-state index contributed by atoms with van der Waals surface area (Å²) in [6, 6.07) is 10.9. The smallest absolute Gasteiger partial charge is 0.254 e. The fourth-order valence-corrected chi connectivity index (χ4v) is 3.22. The summed E-state index contributed by atoms with van der Waals surface area (Å²) in [4.78, 5) is 16.5. The highest BCUT2D eigenvalue weighted by Gasteiger charge is 2.21. The standard InChI is InChI=1S/C20H22F2N2O2/c1-26-19-5-2-4-15(10-19)14-23-6-3-7-24(9-8-23)20(25)16-11-17(21)13-18(22)12-16/h2,4-5,10-13H,3,6-9,14H2,1H3. The molecule has 0 atom stereocenters. The van der Waals surface area contributed by atoms with Gasteiger partial charge in [0, 0.05) is 44.4 Å². The Balaban J connectivity index is 1.63. The second-order valence-electron chi connectivity index (χ2n) is 6.43. The summed E-state index contributed by atoms with van der Waals surface area (Å²) in [5, 5.41) is 0. The third kappa shape index (κ3) is 4.58. The first-order chi connectivity index (χ1) is 12.5. The second-order valence-corrected chi connectivity index (χ2v) is 6.43. The number of rotatable bonds is 4. The van der Waals surface area contributed by atoms with E-state index in [1.54, 1.807) is 12.0 Å². The Morgan fingerprint density at radius 1 is 1.04 bits per heavy atom. The van der Waals surface area contributed by atoms with Crippen molar-refractivity contribution in [2.24, 2.45) is 0 Å². The van der Waals surface area contributed by atoms with Gasteiger partial charge in [-0.05, 0) is 36.2 Å². The van der Waals surface area contributed by atoms with E-state index in [-0.39, 0.29) is 11.5 Å². The quantitative estimate of drug-likeness (QED) is 0.839. The Morgan fingerprint density at radius 3 is 2.54 bits per heavy atom. The highest BCUT2D eigenvalue weighted by Crippen LogP contribution is 2.17. The van der Waals surface area contributed by atoms with Crippen molar-refractivity contribution in [3.05, 3.63) is 65.2 Å². The van der Waals surface area contributed by atoms with Gasteiger partial charge in [0.05, 0.1) is 7.11 Å². The number of hydrogen-bond donors (Lipinski definition) is 0. The first-order valence-corrected chi connectivity index (χ1v) is 8.66. The van der Waals surface area contributed by atoms with Gasteiger partial charge in [0.25, 0.3) is 5.91 Å². The highest BCUT2D eigenvalue weighted by molar-refractivity contribution is 5.94. The summed E-state index contributed by atoms with van der Waals surface area (Å²) < 4.78 is 32.0. The number of benzene rings is 2. The first kappa shape index (κ1) is 18.3. The van der Waals surface area contributed by atoms with Crippen molar-refractivity contribution >= 4 is 5.91 Å². The van der Waals surface area contributed by atoms with E-state index in [9.17, 15) is 13.6 Å². The van der Waals surface area contributed by atoms with Gasteiger partial charge in [0.15, 0.2) is 0 Å². The number of halogens is 2. The van der Waals surface area contributed by atoms with Gasteiger partial charge in [-0.3, -0.25) is 9.69 Å². The van der Waals surface area contributed by atoms with Crippen LogP contribution < -0.4 is 4.74 Å². The third-order valence-corrected chi connectivity index (χ3v) is 4.53. The summed E-state index contributed by atoms with van der Waals surface area (Å²) in [6.07, 6.45) is 0.813. The van der Waals surface area contributed by atoms with Crippen LogP contribution in [0.1, 0.15) is 22.3 Å². The zero-order valence-electron chi connectivity index (χ0n) is 14.8. The maximum absolute atomic E-state index is 13.4. The number of methoxy groups -OCH3 is 1. The molecule has 1 amide bonds. The molecular weight excluding hydrogens is 338 g/mol. The van der Waals surface area contributed by atoms with Gasteiger partial charge in [-0.1, -0.05) is 12.1 Å². The fourth-order valence-electron chi connectivity index (χ4n) is 3.22. The van der Waals surface area contributed by atoms with E-state index in [0.717, 1.165) is 49.0 Å². The number of nitrogens with zero attached hydrogens (tertiary/aromatic N) is 2. The molecule has 1 aliphatic rings. The topological polar surface area (TPSA) is 32.8 Å². The molecule has 0 N–H and O–H groups in total. The van der Waals surface area contributed by atoms with Crippen molar-refractivity contribution in [1.82, 2.24) is 9.80 Å². The fraction of sp³-hybridized carbons (Fsp3) is 0.350. The van der Waals surface area contributed by atoms with E-state index in [4.69, 9.17) is 4.74 Å². The molecule has 2 aromatic rings. The van der Waals surface area contributed by atoms with Crippen molar-refractivity contribution in [2.45, 2.75) is 13.0 Å². The summed E-state index contributed by atoms with van der Waals surface area (Å²) in [5.74, 6) is -0.973. The van der Waals surface area contributed by atoms with E-state index in [1.807, 2.05) is 24.3 Å². The van der Waals surface area contributed by atoms with Crippen LogP contribution in [-0.4, -0.2) is 49.0 Å². The van der Waals surface area contributed by atoms with Gasteiger partial charge in [0.1, 0.15) is 17.4 Å². The maximum atomic E-state index is 13.4. The monoisotopic (exact) mass is 360 g/mol. The Kier molecular flexibility index (Phi) is 5.83. The lowest BCUT2D eigenvalue weighted by Gasteiger charge is -2.22. The van der Waals surface area contributed by atoms with Crippen molar-refractivity contribution in [3.8, 4) is 5.75 Å². The molecule has 26 heavy (non-hydrogen) atoms. The molecular formula is C20H22F2N2O2. The predicted molar refractivity (Wildman–Crippen MR) is 95.1 cm³/mol. The molecule has 6 heteroatoms. The Labute approximate surface area is 152 Å². The van der Waals surface area contributed by atoms with Crippen LogP contribution in [0.3, 0.4) is 0 Å². The van der Waals surface area contributed by atoms with E-state index in [1.165, 1.54) is 0 Å². The normalized spacial score (nSPS) is 15.6. The number of hydrogen-bond acceptors (Lipinski definition) is 3. The molecule has 1 aliphatic heterocycles. The van der Waals surface area contributed by atoms with Gasteiger partial charge in [-0.15, -0.1) is 0 Å². The van der Waals surface area contributed by atoms with E-state index in [0.29, 0.717) is 19.6 Å². The Bertz CT molecular complexity index is 762. The molecule has 2 aromatic carbocycles.